The van der Waals surface area contributed by atoms with Gasteiger partial charge in [0.15, 0.2) is 5.82 Å². The second-order valence-corrected chi connectivity index (χ2v) is 3.53. The molecule has 0 aromatic carbocycles. The minimum atomic E-state index is 0.693. The minimum absolute atomic E-state index is 0.693. The van der Waals surface area contributed by atoms with Crippen LogP contribution in [0.2, 0.25) is 0 Å². The lowest BCUT2D eigenvalue weighted by Crippen LogP contribution is -2.03. The third kappa shape index (κ3) is 1.56. The number of hydrogen-bond acceptors (Lipinski definition) is 4. The molecule has 5 nitrogen and oxygen atoms in total. The summed E-state index contributed by atoms with van der Waals surface area (Å²) in [5.74, 6) is 0.693. The van der Waals surface area contributed by atoms with Crippen molar-refractivity contribution in [1.29, 1.82) is 0 Å². The van der Waals surface area contributed by atoms with E-state index >= 15 is 0 Å². The fourth-order valence-corrected chi connectivity index (χ4v) is 1.38. The summed E-state index contributed by atoms with van der Waals surface area (Å²) in [6.45, 7) is 5.68. The Morgan fingerprint density at radius 3 is 2.33 bits per heavy atom. The summed E-state index contributed by atoms with van der Waals surface area (Å²) in [5, 5.41) is 12.3. The third-order valence-corrected chi connectivity index (χ3v) is 2.35. The van der Waals surface area contributed by atoms with Crippen molar-refractivity contribution in [3.63, 3.8) is 0 Å². The van der Waals surface area contributed by atoms with Crippen molar-refractivity contribution in [2.24, 2.45) is 0 Å². The number of aromatic nitrogens is 4. The highest BCUT2D eigenvalue weighted by atomic mass is 15.4. The zero-order valence-corrected chi connectivity index (χ0v) is 9.02. The molecule has 0 fully saturated rings. The maximum atomic E-state index is 5.84. The summed E-state index contributed by atoms with van der Waals surface area (Å²) in [6.07, 6.45) is 0. The molecular weight excluding hydrogens is 190 g/mol. The number of hydrogen-bond donors (Lipinski definition) is 1. The number of rotatable bonds is 1. The van der Waals surface area contributed by atoms with E-state index in [0.29, 0.717) is 11.5 Å². The molecule has 0 saturated carbocycles. The standard InChI is InChI=1S/C10H13N5/c1-6-4-5-9(13-12-6)15-8(3)10(11)7(2)14-15/h4-5H,11H2,1-3H3. The average molecular weight is 203 g/mol. The molecule has 0 aliphatic carbocycles. The van der Waals surface area contributed by atoms with Crippen LogP contribution in [0, 0.1) is 20.8 Å². The lowest BCUT2D eigenvalue weighted by Gasteiger charge is -2.01. The molecule has 78 valence electrons. The van der Waals surface area contributed by atoms with Gasteiger partial charge in [-0.2, -0.15) is 10.2 Å². The second-order valence-electron chi connectivity index (χ2n) is 3.53. The molecule has 0 amide bonds. The van der Waals surface area contributed by atoms with Crippen LogP contribution in [-0.2, 0) is 0 Å². The van der Waals surface area contributed by atoms with Crippen LogP contribution in [0.4, 0.5) is 5.69 Å². The van der Waals surface area contributed by atoms with Gasteiger partial charge in [0.2, 0.25) is 0 Å². The summed E-state index contributed by atoms with van der Waals surface area (Å²) in [7, 11) is 0. The van der Waals surface area contributed by atoms with Crippen molar-refractivity contribution in [2.45, 2.75) is 20.8 Å². The third-order valence-electron chi connectivity index (χ3n) is 2.35. The molecule has 2 rings (SSSR count). The van der Waals surface area contributed by atoms with Gasteiger partial charge < -0.3 is 5.73 Å². The van der Waals surface area contributed by atoms with Crippen molar-refractivity contribution in [3.8, 4) is 5.82 Å². The van der Waals surface area contributed by atoms with Crippen LogP contribution in [0.5, 0.6) is 0 Å². The van der Waals surface area contributed by atoms with E-state index in [0.717, 1.165) is 17.1 Å². The molecule has 0 bridgehead atoms. The van der Waals surface area contributed by atoms with Crippen LogP contribution < -0.4 is 5.73 Å². The fourth-order valence-electron chi connectivity index (χ4n) is 1.38. The van der Waals surface area contributed by atoms with E-state index in [9.17, 15) is 0 Å². The number of nitrogens with zero attached hydrogens (tertiary/aromatic N) is 4. The quantitative estimate of drug-likeness (QED) is 0.755. The maximum Gasteiger partial charge on any atom is 0.176 e. The van der Waals surface area contributed by atoms with E-state index in [1.165, 1.54) is 0 Å². The Bertz CT molecular complexity index is 483. The average Bonchev–Trinajstić information content (AvgIpc) is 2.47. The van der Waals surface area contributed by atoms with Gasteiger partial charge in [0.25, 0.3) is 0 Å². The van der Waals surface area contributed by atoms with Crippen LogP contribution in [0.1, 0.15) is 17.1 Å². The van der Waals surface area contributed by atoms with Crippen molar-refractivity contribution >= 4 is 5.69 Å². The molecule has 2 aromatic rings. The normalized spacial score (nSPS) is 10.6. The van der Waals surface area contributed by atoms with Crippen LogP contribution in [0.3, 0.4) is 0 Å². The Morgan fingerprint density at radius 2 is 1.87 bits per heavy atom. The first kappa shape index (κ1) is 9.64. The fraction of sp³-hybridized carbons (Fsp3) is 0.300. The lowest BCUT2D eigenvalue weighted by molar-refractivity contribution is 0.776. The van der Waals surface area contributed by atoms with Crippen molar-refractivity contribution < 1.29 is 0 Å². The molecule has 0 aliphatic heterocycles. The van der Waals surface area contributed by atoms with Gasteiger partial charge in [0.05, 0.1) is 22.8 Å². The van der Waals surface area contributed by atoms with Crippen LogP contribution in [0.15, 0.2) is 12.1 Å². The molecule has 2 N–H and O–H groups in total. The van der Waals surface area contributed by atoms with Crippen LogP contribution in [-0.4, -0.2) is 20.0 Å². The summed E-state index contributed by atoms with van der Waals surface area (Å²) < 4.78 is 1.71. The molecule has 0 saturated heterocycles. The molecule has 0 atom stereocenters. The molecule has 0 spiro atoms. The molecular formula is C10H13N5. The molecule has 0 unspecified atom stereocenters. The Kier molecular flexibility index (Phi) is 2.15. The summed E-state index contributed by atoms with van der Waals surface area (Å²) >= 11 is 0. The first-order chi connectivity index (χ1) is 7.09. The van der Waals surface area contributed by atoms with Crippen molar-refractivity contribution in [3.05, 3.63) is 29.2 Å². The Balaban J connectivity index is 2.54. The molecule has 15 heavy (non-hydrogen) atoms. The summed E-state index contributed by atoms with van der Waals surface area (Å²) in [5.41, 5.74) is 9.14. The van der Waals surface area contributed by atoms with E-state index in [2.05, 4.69) is 15.3 Å². The Labute approximate surface area is 87.9 Å². The number of anilines is 1. The van der Waals surface area contributed by atoms with Gasteiger partial charge in [0, 0.05) is 0 Å². The van der Waals surface area contributed by atoms with Gasteiger partial charge >= 0.3 is 0 Å². The largest absolute Gasteiger partial charge is 0.396 e. The zero-order chi connectivity index (χ0) is 11.0. The highest BCUT2D eigenvalue weighted by molar-refractivity contribution is 5.49. The molecule has 0 radical (unpaired) electrons. The first-order valence-electron chi connectivity index (χ1n) is 4.72. The maximum absolute atomic E-state index is 5.84. The van der Waals surface area contributed by atoms with Gasteiger partial charge in [-0.3, -0.25) is 0 Å². The number of aryl methyl sites for hydroxylation is 2. The van der Waals surface area contributed by atoms with E-state index in [1.807, 2.05) is 32.9 Å². The molecule has 0 aliphatic rings. The zero-order valence-electron chi connectivity index (χ0n) is 9.02. The molecule has 2 heterocycles. The predicted octanol–water partition coefficient (Wildman–Crippen LogP) is 1.17. The highest BCUT2D eigenvalue weighted by Gasteiger charge is 2.10. The predicted molar refractivity (Wildman–Crippen MR) is 57.8 cm³/mol. The van der Waals surface area contributed by atoms with E-state index in [-0.39, 0.29) is 0 Å². The second kappa shape index (κ2) is 3.34. The number of nitrogens with two attached hydrogens (primary N) is 1. The van der Waals surface area contributed by atoms with Crippen LogP contribution in [0.25, 0.3) is 5.82 Å². The topological polar surface area (TPSA) is 69.6 Å². The van der Waals surface area contributed by atoms with Gasteiger partial charge in [0.1, 0.15) is 0 Å². The monoisotopic (exact) mass is 203 g/mol. The van der Waals surface area contributed by atoms with E-state index in [4.69, 9.17) is 5.73 Å². The smallest absolute Gasteiger partial charge is 0.176 e. The van der Waals surface area contributed by atoms with Gasteiger partial charge in [-0.15, -0.1) is 5.10 Å². The lowest BCUT2D eigenvalue weighted by atomic mass is 10.3. The van der Waals surface area contributed by atoms with Gasteiger partial charge in [-0.05, 0) is 32.9 Å². The number of nitrogen functional groups attached to an aromatic ring is 1. The molecule has 2 aromatic heterocycles. The van der Waals surface area contributed by atoms with Crippen molar-refractivity contribution in [2.75, 3.05) is 5.73 Å². The first-order valence-corrected chi connectivity index (χ1v) is 4.72. The van der Waals surface area contributed by atoms with E-state index < -0.39 is 0 Å². The van der Waals surface area contributed by atoms with Gasteiger partial charge in [-0.1, -0.05) is 0 Å². The van der Waals surface area contributed by atoms with Crippen LogP contribution >= 0.6 is 0 Å². The highest BCUT2D eigenvalue weighted by Crippen LogP contribution is 2.17. The van der Waals surface area contributed by atoms with E-state index in [1.54, 1.807) is 4.68 Å². The SMILES string of the molecule is Cc1ccc(-n2nc(C)c(N)c2C)nn1. The van der Waals surface area contributed by atoms with Gasteiger partial charge in [-0.25, -0.2) is 4.68 Å². The summed E-state index contributed by atoms with van der Waals surface area (Å²) in [6, 6.07) is 3.77. The summed E-state index contributed by atoms with van der Waals surface area (Å²) in [4.78, 5) is 0. The Morgan fingerprint density at radius 1 is 1.13 bits per heavy atom. The Hall–Kier alpha value is -1.91. The molecule has 5 heteroatoms. The van der Waals surface area contributed by atoms with Crippen molar-refractivity contribution in [1.82, 2.24) is 20.0 Å². The minimum Gasteiger partial charge on any atom is -0.396 e.